The van der Waals surface area contributed by atoms with Crippen molar-refractivity contribution in [3.8, 4) is 5.75 Å². The van der Waals surface area contributed by atoms with E-state index in [9.17, 15) is 9.18 Å². The number of rotatable bonds is 8. The Morgan fingerprint density at radius 1 is 1.28 bits per heavy atom. The van der Waals surface area contributed by atoms with Crippen molar-refractivity contribution in [1.29, 1.82) is 0 Å². The number of nitrogens with zero attached hydrogens (tertiary/aromatic N) is 3. The standard InChI is InChI=1S/C19H30FN5O3.HI/c1-24(2)18(26)14-23-19(21-4-5-25-6-8-28-9-7-25)22-13-15-10-16(20)12-17(11-15)27-3;/h10-12H,4-9,13-14H2,1-3H3,(H2,21,22,23);1H. The first-order valence-electron chi connectivity index (χ1n) is 9.34. The number of ether oxygens (including phenoxy) is 2. The molecule has 0 bridgehead atoms. The van der Waals surface area contributed by atoms with Crippen molar-refractivity contribution in [3.05, 3.63) is 29.6 Å². The highest BCUT2D eigenvalue weighted by Gasteiger charge is 2.11. The van der Waals surface area contributed by atoms with Gasteiger partial charge in [-0.15, -0.1) is 24.0 Å². The van der Waals surface area contributed by atoms with Crippen molar-refractivity contribution < 1.29 is 18.7 Å². The number of guanidine groups is 1. The average Bonchev–Trinajstić information content (AvgIpc) is 2.69. The minimum atomic E-state index is -0.373. The van der Waals surface area contributed by atoms with Crippen molar-refractivity contribution in [2.24, 2.45) is 4.99 Å². The minimum absolute atomic E-state index is 0. The summed E-state index contributed by atoms with van der Waals surface area (Å²) in [7, 11) is 4.90. The van der Waals surface area contributed by atoms with Crippen LogP contribution in [-0.2, 0) is 16.1 Å². The molecule has 1 aliphatic rings. The molecule has 0 saturated carbocycles. The van der Waals surface area contributed by atoms with E-state index >= 15 is 0 Å². The normalized spacial score (nSPS) is 14.7. The Kier molecular flexibility index (Phi) is 11.9. The van der Waals surface area contributed by atoms with Gasteiger partial charge in [0.05, 0.1) is 33.4 Å². The second-order valence-electron chi connectivity index (χ2n) is 6.69. The third kappa shape index (κ3) is 9.59. The maximum absolute atomic E-state index is 13.7. The highest BCUT2D eigenvalue weighted by atomic mass is 127. The van der Waals surface area contributed by atoms with Crippen LogP contribution in [0.4, 0.5) is 4.39 Å². The van der Waals surface area contributed by atoms with Gasteiger partial charge in [-0.1, -0.05) is 0 Å². The molecular weight excluding hydrogens is 492 g/mol. The maximum Gasteiger partial charge on any atom is 0.241 e. The summed E-state index contributed by atoms with van der Waals surface area (Å²) >= 11 is 0. The zero-order valence-corrected chi connectivity index (χ0v) is 19.6. The summed E-state index contributed by atoms with van der Waals surface area (Å²) < 4.78 is 24.1. The fraction of sp³-hybridized carbons (Fsp3) is 0.579. The molecule has 0 unspecified atom stereocenters. The van der Waals surface area contributed by atoms with Crippen molar-refractivity contribution in [2.45, 2.75) is 6.54 Å². The van der Waals surface area contributed by atoms with Crippen molar-refractivity contribution in [1.82, 2.24) is 20.4 Å². The Labute approximate surface area is 188 Å². The van der Waals surface area contributed by atoms with Gasteiger partial charge in [-0.2, -0.15) is 0 Å². The van der Waals surface area contributed by atoms with Gasteiger partial charge in [0, 0.05) is 46.3 Å². The smallest absolute Gasteiger partial charge is 0.241 e. The molecule has 29 heavy (non-hydrogen) atoms. The lowest BCUT2D eigenvalue weighted by Crippen LogP contribution is -2.46. The SMILES string of the molecule is COc1cc(F)cc(CN=C(NCCN2CCOCC2)NCC(=O)N(C)C)c1.I. The highest BCUT2D eigenvalue weighted by molar-refractivity contribution is 14.0. The number of likely N-dealkylation sites (N-methyl/N-ethyl adjacent to an activating group) is 1. The summed E-state index contributed by atoms with van der Waals surface area (Å²) in [5, 5.41) is 6.27. The van der Waals surface area contributed by atoms with E-state index in [-0.39, 0.29) is 48.8 Å². The number of methoxy groups -OCH3 is 1. The molecular formula is C19H31FIN5O3. The molecule has 1 aromatic rings. The van der Waals surface area contributed by atoms with E-state index in [0.29, 0.717) is 23.8 Å². The van der Waals surface area contributed by atoms with E-state index in [2.05, 4.69) is 20.5 Å². The minimum Gasteiger partial charge on any atom is -0.497 e. The lowest BCUT2D eigenvalue weighted by Gasteiger charge is -2.26. The third-order valence-electron chi connectivity index (χ3n) is 4.32. The number of aliphatic imine (C=N–C) groups is 1. The Morgan fingerprint density at radius 3 is 2.66 bits per heavy atom. The lowest BCUT2D eigenvalue weighted by atomic mass is 10.2. The molecule has 1 aromatic carbocycles. The first-order valence-corrected chi connectivity index (χ1v) is 9.34. The Bertz CT molecular complexity index is 669. The van der Waals surface area contributed by atoms with Crippen LogP contribution >= 0.6 is 24.0 Å². The van der Waals surface area contributed by atoms with Crippen molar-refractivity contribution in [3.63, 3.8) is 0 Å². The molecule has 0 aromatic heterocycles. The Balaban J connectivity index is 0.00000420. The van der Waals surface area contributed by atoms with E-state index in [1.165, 1.54) is 24.1 Å². The van der Waals surface area contributed by atoms with Crippen LogP contribution in [0, 0.1) is 5.82 Å². The molecule has 0 spiro atoms. The summed E-state index contributed by atoms with van der Waals surface area (Å²) in [4.78, 5) is 20.2. The second kappa shape index (κ2) is 13.5. The lowest BCUT2D eigenvalue weighted by molar-refractivity contribution is -0.127. The van der Waals surface area contributed by atoms with Gasteiger partial charge in [0.1, 0.15) is 11.6 Å². The van der Waals surface area contributed by atoms with E-state index in [1.807, 2.05) is 0 Å². The van der Waals surface area contributed by atoms with Gasteiger partial charge in [-0.25, -0.2) is 9.38 Å². The molecule has 2 N–H and O–H groups in total. The van der Waals surface area contributed by atoms with Gasteiger partial charge in [-0.3, -0.25) is 9.69 Å². The van der Waals surface area contributed by atoms with Gasteiger partial charge in [0.25, 0.3) is 0 Å². The summed E-state index contributed by atoms with van der Waals surface area (Å²) in [6.45, 7) is 5.22. The predicted octanol–water partition coefficient (Wildman–Crippen LogP) is 0.908. The first kappa shape index (κ1) is 25.4. The van der Waals surface area contributed by atoms with Gasteiger partial charge in [0.15, 0.2) is 5.96 Å². The quantitative estimate of drug-likeness (QED) is 0.300. The number of benzene rings is 1. The van der Waals surface area contributed by atoms with E-state index < -0.39 is 0 Å². The van der Waals surface area contributed by atoms with Crippen molar-refractivity contribution >= 4 is 35.8 Å². The second-order valence-corrected chi connectivity index (χ2v) is 6.69. The van der Waals surface area contributed by atoms with Crippen LogP contribution in [0.15, 0.2) is 23.2 Å². The van der Waals surface area contributed by atoms with Gasteiger partial charge < -0.3 is 25.0 Å². The van der Waals surface area contributed by atoms with Crippen LogP contribution in [-0.4, -0.2) is 88.8 Å². The van der Waals surface area contributed by atoms with Crippen LogP contribution in [0.25, 0.3) is 0 Å². The van der Waals surface area contributed by atoms with Gasteiger partial charge in [0.2, 0.25) is 5.91 Å². The average molecular weight is 523 g/mol. The number of hydrogen-bond donors (Lipinski definition) is 2. The largest absolute Gasteiger partial charge is 0.497 e. The topological polar surface area (TPSA) is 78.4 Å². The third-order valence-corrected chi connectivity index (χ3v) is 4.32. The maximum atomic E-state index is 13.7. The van der Waals surface area contributed by atoms with E-state index in [1.54, 1.807) is 20.2 Å². The van der Waals surface area contributed by atoms with Crippen LogP contribution in [0.1, 0.15) is 5.56 Å². The van der Waals surface area contributed by atoms with Gasteiger partial charge in [-0.05, 0) is 17.7 Å². The van der Waals surface area contributed by atoms with Crippen LogP contribution < -0.4 is 15.4 Å². The van der Waals surface area contributed by atoms with E-state index in [4.69, 9.17) is 9.47 Å². The first-order chi connectivity index (χ1) is 13.5. The Hall–Kier alpha value is -1.66. The molecule has 0 aliphatic carbocycles. The number of halogens is 2. The Morgan fingerprint density at radius 2 is 2.00 bits per heavy atom. The molecule has 1 fully saturated rings. The molecule has 1 saturated heterocycles. The number of hydrogen-bond acceptors (Lipinski definition) is 5. The van der Waals surface area contributed by atoms with E-state index in [0.717, 1.165) is 32.8 Å². The fourth-order valence-electron chi connectivity index (χ4n) is 2.65. The molecule has 8 nitrogen and oxygen atoms in total. The fourth-order valence-corrected chi connectivity index (χ4v) is 2.65. The van der Waals surface area contributed by atoms with Crippen LogP contribution in [0.2, 0.25) is 0 Å². The number of carbonyl (C=O) groups excluding carboxylic acids is 1. The van der Waals surface area contributed by atoms with Crippen molar-refractivity contribution in [2.75, 3.05) is 67.1 Å². The zero-order chi connectivity index (χ0) is 20.4. The zero-order valence-electron chi connectivity index (χ0n) is 17.2. The number of amides is 1. The molecule has 1 heterocycles. The molecule has 10 heteroatoms. The number of carbonyl (C=O) groups is 1. The predicted molar refractivity (Wildman–Crippen MR) is 121 cm³/mol. The monoisotopic (exact) mass is 523 g/mol. The molecule has 1 amide bonds. The molecule has 164 valence electrons. The summed E-state index contributed by atoms with van der Waals surface area (Å²) in [5.41, 5.74) is 0.685. The molecule has 0 atom stereocenters. The highest BCUT2D eigenvalue weighted by Crippen LogP contribution is 2.16. The summed E-state index contributed by atoms with van der Waals surface area (Å²) in [6, 6.07) is 4.48. The van der Waals surface area contributed by atoms with Crippen LogP contribution in [0.5, 0.6) is 5.75 Å². The molecule has 1 aliphatic heterocycles. The van der Waals surface area contributed by atoms with Crippen LogP contribution in [0.3, 0.4) is 0 Å². The molecule has 2 rings (SSSR count). The number of morpholine rings is 1. The number of nitrogens with one attached hydrogen (secondary N) is 2. The summed E-state index contributed by atoms with van der Waals surface area (Å²) in [5.74, 6) is 0.520. The summed E-state index contributed by atoms with van der Waals surface area (Å²) in [6.07, 6.45) is 0. The molecule has 0 radical (unpaired) electrons. The van der Waals surface area contributed by atoms with Gasteiger partial charge >= 0.3 is 0 Å².